The molecule has 4 aliphatic rings. The van der Waals surface area contributed by atoms with E-state index in [1.165, 1.54) is 6.08 Å². The van der Waals surface area contributed by atoms with E-state index in [0.29, 0.717) is 17.1 Å². The van der Waals surface area contributed by atoms with Crippen molar-refractivity contribution in [2.24, 2.45) is 0 Å². The molecule has 3 heterocycles. The SMILES string of the molecule is CC(OP(O)O)N(C)C.O=C1C=C(N2CC2)C(=O)C(N2CC2)=C1N1CC1. The van der Waals surface area contributed by atoms with E-state index < -0.39 is 8.60 Å². The van der Waals surface area contributed by atoms with Gasteiger partial charge in [0.1, 0.15) is 17.6 Å². The Kier molecular flexibility index (Phi) is 5.64. The van der Waals surface area contributed by atoms with E-state index in [-0.39, 0.29) is 17.8 Å². The smallest absolute Gasteiger partial charge is 0.328 e. The number of Topliss-reactive ketones (excluding diaryl/α,β-unsaturated/α-hetero) is 1. The molecule has 1 aliphatic carbocycles. The maximum absolute atomic E-state index is 12.4. The number of hydrogen-bond acceptors (Lipinski definition) is 9. The van der Waals surface area contributed by atoms with Crippen LogP contribution in [-0.4, -0.2) is 101 Å². The number of rotatable bonds is 6. The first-order valence-corrected chi connectivity index (χ1v) is 9.77. The van der Waals surface area contributed by atoms with E-state index >= 15 is 0 Å². The van der Waals surface area contributed by atoms with Crippen molar-refractivity contribution >= 4 is 20.2 Å². The van der Waals surface area contributed by atoms with Crippen molar-refractivity contribution in [3.63, 3.8) is 0 Å². The molecule has 3 aliphatic heterocycles. The van der Waals surface area contributed by atoms with Crippen molar-refractivity contribution in [1.82, 2.24) is 19.6 Å². The van der Waals surface area contributed by atoms with Gasteiger partial charge in [0.2, 0.25) is 11.6 Å². The molecule has 0 saturated carbocycles. The van der Waals surface area contributed by atoms with E-state index in [1.807, 2.05) is 14.7 Å². The number of ketones is 2. The normalized spacial score (nSPS) is 22.6. The summed E-state index contributed by atoms with van der Waals surface area (Å²) in [5.41, 5.74) is 1.89. The number of nitrogens with zero attached hydrogens (tertiary/aromatic N) is 4. The third-order valence-electron chi connectivity index (χ3n) is 4.46. The van der Waals surface area contributed by atoms with E-state index in [1.54, 1.807) is 25.9 Å². The molecule has 144 valence electrons. The van der Waals surface area contributed by atoms with Gasteiger partial charge in [-0.3, -0.25) is 19.0 Å². The van der Waals surface area contributed by atoms with Crippen LogP contribution in [0.25, 0.3) is 0 Å². The molecule has 4 rings (SSSR count). The number of carbonyl (C=O) groups excluding carboxylic acids is 2. The molecule has 0 radical (unpaired) electrons. The standard InChI is InChI=1S/C12H13N3O2.C4H12NO3P/c16-9-7-8(13-1-2-13)12(17)11(15-5-6-15)10(9)14-3-4-14;1-4(5(2)3)8-9(6)7/h7H,1-6H2;4,6-7H,1-3H3. The van der Waals surface area contributed by atoms with Crippen molar-refractivity contribution in [3.05, 3.63) is 23.2 Å². The number of hydrogen-bond donors (Lipinski definition) is 2. The average Bonchev–Trinajstić information content (AvgIpc) is 3.41. The van der Waals surface area contributed by atoms with Crippen molar-refractivity contribution in [2.75, 3.05) is 53.4 Å². The molecule has 0 aromatic heterocycles. The van der Waals surface area contributed by atoms with Gasteiger partial charge in [0.25, 0.3) is 0 Å². The second-order valence-corrected chi connectivity index (χ2v) is 7.52. The van der Waals surface area contributed by atoms with E-state index in [2.05, 4.69) is 4.52 Å². The van der Waals surface area contributed by atoms with Gasteiger partial charge < -0.3 is 24.5 Å². The van der Waals surface area contributed by atoms with Crippen LogP contribution in [0.15, 0.2) is 23.2 Å². The predicted molar refractivity (Wildman–Crippen MR) is 95.4 cm³/mol. The number of carbonyl (C=O) groups is 2. The molecule has 0 aromatic carbocycles. The topological polar surface area (TPSA) is 96.1 Å². The van der Waals surface area contributed by atoms with Crippen molar-refractivity contribution in [1.29, 1.82) is 0 Å². The Balaban J connectivity index is 0.000000188. The van der Waals surface area contributed by atoms with E-state index in [0.717, 1.165) is 39.3 Å². The highest BCUT2D eigenvalue weighted by molar-refractivity contribution is 7.39. The molecule has 10 heteroatoms. The fourth-order valence-electron chi connectivity index (χ4n) is 2.51. The van der Waals surface area contributed by atoms with E-state index in [4.69, 9.17) is 9.79 Å². The summed E-state index contributed by atoms with van der Waals surface area (Å²) >= 11 is 0. The molecule has 0 spiro atoms. The van der Waals surface area contributed by atoms with E-state index in [9.17, 15) is 9.59 Å². The van der Waals surface area contributed by atoms with Crippen LogP contribution in [0.3, 0.4) is 0 Å². The largest absolute Gasteiger partial charge is 0.365 e. The molecule has 0 aromatic rings. The molecule has 1 atom stereocenters. The fraction of sp³-hybridized carbons (Fsp3) is 0.625. The third-order valence-corrected chi connectivity index (χ3v) is 4.96. The molecule has 9 nitrogen and oxygen atoms in total. The summed E-state index contributed by atoms with van der Waals surface area (Å²) in [5.74, 6) is 0.0485. The minimum atomic E-state index is -2.21. The molecule has 3 fully saturated rings. The lowest BCUT2D eigenvalue weighted by Crippen LogP contribution is -2.29. The molecule has 2 N–H and O–H groups in total. The monoisotopic (exact) mass is 384 g/mol. The van der Waals surface area contributed by atoms with Gasteiger partial charge in [0.05, 0.1) is 5.70 Å². The summed E-state index contributed by atoms with van der Waals surface area (Å²) in [5, 5.41) is 0. The summed E-state index contributed by atoms with van der Waals surface area (Å²) in [7, 11) is 1.38. The Hall–Kier alpha value is -1.51. The van der Waals surface area contributed by atoms with Gasteiger partial charge in [-0.2, -0.15) is 0 Å². The Bertz CT molecular complexity index is 651. The zero-order chi connectivity index (χ0) is 19.0. The van der Waals surface area contributed by atoms with Crippen LogP contribution in [0.2, 0.25) is 0 Å². The molecule has 26 heavy (non-hydrogen) atoms. The highest BCUT2D eigenvalue weighted by Crippen LogP contribution is 2.33. The first kappa shape index (κ1) is 19.3. The molecule has 1 unspecified atom stereocenters. The zero-order valence-corrected chi connectivity index (χ0v) is 16.1. The maximum atomic E-state index is 12.4. The lowest BCUT2D eigenvalue weighted by molar-refractivity contribution is -0.117. The van der Waals surface area contributed by atoms with Crippen LogP contribution < -0.4 is 0 Å². The van der Waals surface area contributed by atoms with Gasteiger partial charge in [0, 0.05) is 45.3 Å². The Morgan fingerprint density at radius 3 is 1.88 bits per heavy atom. The van der Waals surface area contributed by atoms with Crippen LogP contribution in [-0.2, 0) is 14.1 Å². The molecule has 3 saturated heterocycles. The first-order valence-electron chi connectivity index (χ1n) is 8.60. The summed E-state index contributed by atoms with van der Waals surface area (Å²) < 4.78 is 4.61. The quantitative estimate of drug-likeness (QED) is 0.267. The van der Waals surface area contributed by atoms with Crippen LogP contribution in [0, 0.1) is 0 Å². The maximum Gasteiger partial charge on any atom is 0.328 e. The highest BCUT2D eigenvalue weighted by atomic mass is 31.2. The first-order chi connectivity index (χ1) is 12.3. The van der Waals surface area contributed by atoms with Crippen molar-refractivity contribution < 1.29 is 23.9 Å². The number of allylic oxidation sites excluding steroid dienone is 1. The second-order valence-electron chi connectivity index (χ2n) is 6.80. The van der Waals surface area contributed by atoms with Crippen LogP contribution in [0.1, 0.15) is 6.92 Å². The Morgan fingerprint density at radius 2 is 1.50 bits per heavy atom. The highest BCUT2D eigenvalue weighted by Gasteiger charge is 2.43. The summed E-state index contributed by atoms with van der Waals surface area (Å²) in [6, 6.07) is 0. The Morgan fingerprint density at radius 1 is 1.00 bits per heavy atom. The van der Waals surface area contributed by atoms with Gasteiger partial charge >= 0.3 is 8.60 Å². The summed E-state index contributed by atoms with van der Waals surface area (Å²) in [6.45, 7) is 7.14. The molecular formula is C16H25N4O5P. The minimum absolute atomic E-state index is 0.00546. The predicted octanol–water partition coefficient (Wildman–Crippen LogP) is -0.697. The van der Waals surface area contributed by atoms with Crippen LogP contribution >= 0.6 is 8.60 Å². The van der Waals surface area contributed by atoms with Gasteiger partial charge in [-0.25, -0.2) is 0 Å². The second kappa shape index (κ2) is 7.62. The zero-order valence-electron chi connectivity index (χ0n) is 15.3. The van der Waals surface area contributed by atoms with Crippen LogP contribution in [0.5, 0.6) is 0 Å². The van der Waals surface area contributed by atoms with Gasteiger partial charge in [-0.05, 0) is 21.0 Å². The Labute approximate surface area is 154 Å². The van der Waals surface area contributed by atoms with Gasteiger partial charge in [0.15, 0.2) is 0 Å². The molecule has 0 bridgehead atoms. The third kappa shape index (κ3) is 4.61. The minimum Gasteiger partial charge on any atom is -0.365 e. The van der Waals surface area contributed by atoms with Gasteiger partial charge in [-0.1, -0.05) is 0 Å². The fourth-order valence-corrected chi connectivity index (χ4v) is 2.97. The lowest BCUT2D eigenvalue weighted by atomic mass is 10.0. The molecule has 0 amide bonds. The lowest BCUT2D eigenvalue weighted by Gasteiger charge is -2.21. The summed E-state index contributed by atoms with van der Waals surface area (Å²) in [6.07, 6.45) is 1.28. The summed E-state index contributed by atoms with van der Waals surface area (Å²) in [4.78, 5) is 48.9. The van der Waals surface area contributed by atoms with Crippen molar-refractivity contribution in [2.45, 2.75) is 13.2 Å². The molecular weight excluding hydrogens is 359 g/mol. The average molecular weight is 384 g/mol. The van der Waals surface area contributed by atoms with Crippen molar-refractivity contribution in [3.8, 4) is 0 Å². The van der Waals surface area contributed by atoms with Gasteiger partial charge in [-0.15, -0.1) is 0 Å². The van der Waals surface area contributed by atoms with Crippen LogP contribution in [0.4, 0.5) is 0 Å².